The number of thioether (sulfide) groups is 1. The lowest BCUT2D eigenvalue weighted by Crippen LogP contribution is -2.63. The number of fused-ring (bicyclic) bond motifs is 1. The Hall–Kier alpha value is -2.23. The van der Waals surface area contributed by atoms with Crippen molar-refractivity contribution in [1.29, 1.82) is 0 Å². The maximum atomic E-state index is 13.6. The van der Waals surface area contributed by atoms with E-state index < -0.39 is 29.1 Å². The molecule has 5 aliphatic rings. The first-order valence-electron chi connectivity index (χ1n) is 17.2. The molecule has 0 radical (unpaired) electrons. The molecule has 1 heterocycles. The number of aliphatic hydroxyl groups is 1. The van der Waals surface area contributed by atoms with Gasteiger partial charge in [0.05, 0.1) is 11.9 Å². The highest BCUT2D eigenvalue weighted by atomic mass is 32.2. The maximum Gasteiger partial charge on any atom is 0.316 e. The van der Waals surface area contributed by atoms with Gasteiger partial charge in [-0.15, -0.1) is 18.3 Å². The Morgan fingerprint density at radius 3 is 2.46 bits per heavy atom. The van der Waals surface area contributed by atoms with Gasteiger partial charge in [0.1, 0.15) is 23.7 Å². The summed E-state index contributed by atoms with van der Waals surface area (Å²) in [6.45, 7) is 13.9. The summed E-state index contributed by atoms with van der Waals surface area (Å²) >= 11 is 1.63. The molecule has 1 aromatic rings. The molecule has 46 heavy (non-hydrogen) atoms. The fraction of sp³-hybridized carbons (Fsp3) is 0.703. The molecule has 5 fully saturated rings. The van der Waals surface area contributed by atoms with E-state index in [4.69, 9.17) is 10.5 Å². The van der Waals surface area contributed by atoms with Gasteiger partial charge in [0.15, 0.2) is 0 Å². The van der Waals surface area contributed by atoms with Crippen LogP contribution >= 0.6 is 11.8 Å². The molecule has 0 aromatic heterocycles. The molecule has 2 unspecified atom stereocenters. The van der Waals surface area contributed by atoms with Crippen LogP contribution in [0.15, 0.2) is 36.9 Å². The van der Waals surface area contributed by atoms with Gasteiger partial charge >= 0.3 is 5.97 Å². The summed E-state index contributed by atoms with van der Waals surface area (Å²) in [5.74, 6) is 0.377. The van der Waals surface area contributed by atoms with E-state index in [9.17, 15) is 23.9 Å². The molecule has 4 saturated carbocycles. The zero-order valence-corrected chi connectivity index (χ0v) is 28.6. The van der Waals surface area contributed by atoms with Gasteiger partial charge in [-0.2, -0.15) is 0 Å². The van der Waals surface area contributed by atoms with Gasteiger partial charge in [-0.1, -0.05) is 45.9 Å². The second-order valence-electron chi connectivity index (χ2n) is 15.8. The van der Waals surface area contributed by atoms with Crippen molar-refractivity contribution < 1.29 is 28.6 Å². The average Bonchev–Trinajstić information content (AvgIpc) is 3.72. The predicted octanol–water partition coefficient (Wildman–Crippen LogP) is 5.70. The van der Waals surface area contributed by atoms with Gasteiger partial charge < -0.3 is 20.5 Å². The third-order valence-corrected chi connectivity index (χ3v) is 14.8. The summed E-state index contributed by atoms with van der Waals surface area (Å²) in [6.07, 6.45) is 6.11. The molecule has 1 aromatic carbocycles. The van der Waals surface area contributed by atoms with Crippen LogP contribution in [-0.2, 0) is 19.1 Å². The molecular formula is C37H51FN2O5S. The lowest BCUT2D eigenvalue weighted by molar-refractivity contribution is -0.205. The minimum atomic E-state index is -0.807. The number of rotatable bonds is 7. The summed E-state index contributed by atoms with van der Waals surface area (Å²) in [5, 5.41) is 12.1. The number of aliphatic hydroxyl groups excluding tert-OH is 1. The van der Waals surface area contributed by atoms with Crippen LogP contribution in [0.25, 0.3) is 0 Å². The molecular weight excluding hydrogens is 603 g/mol. The maximum absolute atomic E-state index is 13.6. The highest BCUT2D eigenvalue weighted by molar-refractivity contribution is 8.00. The molecule has 6 rings (SSSR count). The van der Waals surface area contributed by atoms with Crippen LogP contribution in [-0.4, -0.2) is 64.0 Å². The molecule has 2 bridgehead atoms. The van der Waals surface area contributed by atoms with Gasteiger partial charge in [0.25, 0.3) is 0 Å². The molecule has 7 nitrogen and oxygen atoms in total. The lowest BCUT2D eigenvalue weighted by atomic mass is 9.44. The van der Waals surface area contributed by atoms with Crippen molar-refractivity contribution in [3.8, 4) is 0 Å². The topological polar surface area (TPSA) is 110 Å². The number of benzene rings is 1. The van der Waals surface area contributed by atoms with Crippen LogP contribution < -0.4 is 5.73 Å². The van der Waals surface area contributed by atoms with Crippen molar-refractivity contribution >= 4 is 29.4 Å². The van der Waals surface area contributed by atoms with Crippen molar-refractivity contribution in [2.75, 3.05) is 18.8 Å². The first kappa shape index (κ1) is 33.7. The number of amides is 1. The second-order valence-corrected chi connectivity index (χ2v) is 17.1. The van der Waals surface area contributed by atoms with E-state index in [-0.39, 0.29) is 52.4 Å². The number of hydrogen-bond donors (Lipinski definition) is 2. The summed E-state index contributed by atoms with van der Waals surface area (Å²) in [7, 11) is 0. The van der Waals surface area contributed by atoms with Gasteiger partial charge in [-0.25, -0.2) is 4.39 Å². The first-order valence-corrected chi connectivity index (χ1v) is 18.2. The van der Waals surface area contributed by atoms with Crippen LogP contribution in [0.4, 0.5) is 4.39 Å². The summed E-state index contributed by atoms with van der Waals surface area (Å²) < 4.78 is 19.8. The van der Waals surface area contributed by atoms with E-state index >= 15 is 0 Å². The van der Waals surface area contributed by atoms with E-state index in [2.05, 4.69) is 27.4 Å². The van der Waals surface area contributed by atoms with E-state index in [0.717, 1.165) is 32.1 Å². The molecule has 252 valence electrons. The van der Waals surface area contributed by atoms with Gasteiger partial charge in [-0.05, 0) is 85.3 Å². The summed E-state index contributed by atoms with van der Waals surface area (Å²) in [5.41, 5.74) is 5.40. The molecule has 1 amide bonds. The summed E-state index contributed by atoms with van der Waals surface area (Å²) in [6, 6.07) is 4.97. The minimum absolute atomic E-state index is 0.0577. The van der Waals surface area contributed by atoms with Crippen LogP contribution in [0.3, 0.4) is 0 Å². The first-order chi connectivity index (χ1) is 21.7. The predicted molar refractivity (Wildman–Crippen MR) is 177 cm³/mol. The second kappa shape index (κ2) is 12.3. The molecule has 4 aliphatic carbocycles. The number of hydrogen-bond acceptors (Lipinski definition) is 7. The fourth-order valence-corrected chi connectivity index (χ4v) is 11.7. The van der Waals surface area contributed by atoms with E-state index in [1.54, 1.807) is 23.9 Å². The number of ketones is 1. The van der Waals surface area contributed by atoms with E-state index in [1.165, 1.54) is 12.1 Å². The number of ether oxygens (including phenoxy) is 1. The zero-order valence-electron chi connectivity index (χ0n) is 27.8. The van der Waals surface area contributed by atoms with Crippen LogP contribution in [0.5, 0.6) is 0 Å². The van der Waals surface area contributed by atoms with Crippen LogP contribution in [0, 0.1) is 51.7 Å². The smallest absolute Gasteiger partial charge is 0.316 e. The molecule has 11 atom stereocenters. The number of carbonyl (C=O) groups is 3. The normalized spacial score (nSPS) is 42.5. The van der Waals surface area contributed by atoms with Crippen molar-refractivity contribution in [3.05, 3.63) is 48.3 Å². The number of carbonyl (C=O) groups excluding carboxylic acids is 3. The molecule has 9 heteroatoms. The quantitative estimate of drug-likeness (QED) is 0.287. The number of halogens is 1. The fourth-order valence-electron chi connectivity index (χ4n) is 10.4. The average molecular weight is 655 g/mol. The van der Waals surface area contributed by atoms with Gasteiger partial charge in [0.2, 0.25) is 5.91 Å². The molecule has 1 aliphatic heterocycles. The third kappa shape index (κ3) is 5.46. The molecule has 3 N–H and O–H groups in total. The largest absolute Gasteiger partial charge is 0.461 e. The highest BCUT2D eigenvalue weighted by Gasteiger charge is 2.68. The van der Waals surface area contributed by atoms with Gasteiger partial charge in [-0.3, -0.25) is 14.4 Å². The summed E-state index contributed by atoms with van der Waals surface area (Å²) in [4.78, 5) is 42.2. The number of esters is 1. The Labute approximate surface area is 277 Å². The van der Waals surface area contributed by atoms with Crippen molar-refractivity contribution in [2.45, 2.75) is 96.1 Å². The number of nitrogens with zero attached hydrogens (tertiary/aromatic N) is 1. The SMILES string of the molecule is C=C[C@]1(C)C[C@@H](OC(=O)CSC2CC3CN(C(=O)[C@H](N)c4ccc(F)cc4)CC3C2)[C@]2(C)[C@H](C)CC[C@]3(CCC(=O)[C@H]32)[C@@H](C)[C@@H]1O. The Kier molecular flexibility index (Phi) is 9.03. The Balaban J connectivity index is 1.09. The van der Waals surface area contributed by atoms with Crippen LogP contribution in [0.2, 0.25) is 0 Å². The number of likely N-dealkylation sites (tertiary alicyclic amines) is 1. The van der Waals surface area contributed by atoms with Crippen LogP contribution in [0.1, 0.15) is 84.2 Å². The Bertz CT molecular complexity index is 1360. The van der Waals surface area contributed by atoms with Gasteiger partial charge in [0, 0.05) is 41.5 Å². The monoisotopic (exact) mass is 654 g/mol. The zero-order chi connectivity index (χ0) is 33.2. The molecule has 0 spiro atoms. The number of Topliss-reactive ketones (excluding diaryl/α,β-unsaturated/α-hetero) is 1. The molecule has 1 saturated heterocycles. The number of nitrogens with two attached hydrogens (primary N) is 1. The lowest BCUT2D eigenvalue weighted by Gasteiger charge is -2.61. The van der Waals surface area contributed by atoms with Crippen molar-refractivity contribution in [3.63, 3.8) is 0 Å². The van der Waals surface area contributed by atoms with E-state index in [1.807, 2.05) is 17.9 Å². The van der Waals surface area contributed by atoms with E-state index in [0.29, 0.717) is 48.6 Å². The highest BCUT2D eigenvalue weighted by Crippen LogP contribution is 2.68. The third-order valence-electron chi connectivity index (χ3n) is 13.5. The standard InChI is InChI=1S/C37H51FN2O5S/c1-6-35(4)17-29(36(5)21(2)11-13-37(22(3)33(35)43)14-12-28(41)32(36)37)45-30(42)20-46-27-15-24-18-40(19-25(24)16-27)34(44)31(39)23-7-9-26(38)10-8-23/h6-10,21-22,24-25,27,29,31-33,43H,1,11-20,39H2,2-5H3/t21-,22+,24?,25?,27?,29-,31-,32+,33+,35-,36+,37+/m1/s1. The van der Waals surface area contributed by atoms with Crippen molar-refractivity contribution in [2.24, 2.45) is 51.6 Å². The Morgan fingerprint density at radius 2 is 1.83 bits per heavy atom. The minimum Gasteiger partial charge on any atom is -0.461 e. The van der Waals surface area contributed by atoms with Crippen molar-refractivity contribution in [1.82, 2.24) is 4.90 Å². The Morgan fingerprint density at radius 1 is 1.17 bits per heavy atom.